The van der Waals surface area contributed by atoms with Gasteiger partial charge in [0.1, 0.15) is 5.82 Å². The first-order valence-electron chi connectivity index (χ1n) is 6.21. The molecule has 2 N–H and O–H groups in total. The van der Waals surface area contributed by atoms with Crippen LogP contribution in [0.4, 0.5) is 11.5 Å². The van der Waals surface area contributed by atoms with Gasteiger partial charge in [0.2, 0.25) is 0 Å². The highest BCUT2D eigenvalue weighted by Crippen LogP contribution is 2.23. The van der Waals surface area contributed by atoms with Crippen LogP contribution in [0.5, 0.6) is 0 Å². The minimum atomic E-state index is -1.22. The van der Waals surface area contributed by atoms with Crippen LogP contribution in [-0.2, 0) is 0 Å². The van der Waals surface area contributed by atoms with Gasteiger partial charge >= 0.3 is 0 Å². The van der Waals surface area contributed by atoms with E-state index in [1.54, 1.807) is 12.1 Å². The Morgan fingerprint density at radius 1 is 1.19 bits per heavy atom. The van der Waals surface area contributed by atoms with Crippen molar-refractivity contribution in [2.75, 3.05) is 5.32 Å². The van der Waals surface area contributed by atoms with E-state index in [1.807, 2.05) is 24.3 Å². The average molecular weight is 296 g/mol. The van der Waals surface area contributed by atoms with Crippen molar-refractivity contribution in [3.8, 4) is 0 Å². The maximum absolute atomic E-state index is 10.9. The Balaban J connectivity index is 2.08. The molecule has 3 aromatic rings. The fraction of sp³-hybridized carbons (Fsp3) is 0. The number of rotatable bonds is 3. The van der Waals surface area contributed by atoms with Gasteiger partial charge in [-0.2, -0.15) is 0 Å². The number of nitrogens with one attached hydrogen (secondary N) is 2. The van der Waals surface area contributed by atoms with Gasteiger partial charge in [0.05, 0.1) is 11.5 Å². The lowest BCUT2D eigenvalue weighted by atomic mass is 10.2. The zero-order chi connectivity index (χ0) is 14.8. The monoisotopic (exact) mass is 296 g/mol. The number of hydrogen-bond acceptors (Lipinski definition) is 5. The minimum Gasteiger partial charge on any atom is -0.545 e. The van der Waals surface area contributed by atoms with Gasteiger partial charge in [0, 0.05) is 11.1 Å². The van der Waals surface area contributed by atoms with Crippen LogP contribution in [0, 0.1) is 4.77 Å². The lowest BCUT2D eigenvalue weighted by molar-refractivity contribution is -0.255. The van der Waals surface area contributed by atoms with Crippen molar-refractivity contribution in [2.45, 2.75) is 0 Å². The Hall–Kier alpha value is -2.73. The third-order valence-corrected chi connectivity index (χ3v) is 3.19. The zero-order valence-corrected chi connectivity index (χ0v) is 11.6. The molecule has 0 atom stereocenters. The Bertz CT molecular complexity index is 889. The van der Waals surface area contributed by atoms with Gasteiger partial charge in [-0.25, -0.2) is 4.98 Å². The molecule has 0 spiro atoms. The number of aromatic amines is 1. The highest BCUT2D eigenvalue weighted by molar-refractivity contribution is 7.71. The molecule has 2 aromatic carbocycles. The summed E-state index contributed by atoms with van der Waals surface area (Å²) < 4.78 is 0.354. The summed E-state index contributed by atoms with van der Waals surface area (Å²) in [4.78, 5) is 18.2. The number of hydrogen-bond donors (Lipinski definition) is 2. The molecule has 5 nitrogen and oxygen atoms in total. The molecule has 104 valence electrons. The maximum Gasteiger partial charge on any atom is 0.199 e. The topological polar surface area (TPSA) is 80.8 Å². The van der Waals surface area contributed by atoms with Gasteiger partial charge in [0.25, 0.3) is 0 Å². The highest BCUT2D eigenvalue weighted by Gasteiger charge is 2.04. The van der Waals surface area contributed by atoms with Crippen LogP contribution in [0.1, 0.15) is 10.4 Å². The van der Waals surface area contributed by atoms with Crippen molar-refractivity contribution in [3.63, 3.8) is 0 Å². The second-order valence-electron chi connectivity index (χ2n) is 4.43. The number of H-pyrrole nitrogens is 1. The first kappa shape index (κ1) is 13.3. The summed E-state index contributed by atoms with van der Waals surface area (Å²) >= 11 is 5.10. The lowest BCUT2D eigenvalue weighted by Gasteiger charge is -2.10. The van der Waals surface area contributed by atoms with E-state index in [0.29, 0.717) is 16.3 Å². The van der Waals surface area contributed by atoms with E-state index in [1.165, 1.54) is 12.1 Å². The fourth-order valence-electron chi connectivity index (χ4n) is 2.06. The number of carbonyl (C=O) groups excluding carboxylic acids is 1. The third kappa shape index (κ3) is 2.75. The Kier molecular flexibility index (Phi) is 3.37. The van der Waals surface area contributed by atoms with E-state index in [0.717, 1.165) is 10.9 Å². The number of para-hydroxylation sites is 1. The predicted molar refractivity (Wildman–Crippen MR) is 81.0 cm³/mol. The third-order valence-electron chi connectivity index (χ3n) is 3.00. The summed E-state index contributed by atoms with van der Waals surface area (Å²) in [5.41, 5.74) is 1.57. The molecule has 0 radical (unpaired) electrons. The van der Waals surface area contributed by atoms with Crippen LogP contribution in [0.3, 0.4) is 0 Å². The summed E-state index contributed by atoms with van der Waals surface area (Å²) in [6, 6.07) is 13.9. The molecule has 0 bridgehead atoms. The van der Waals surface area contributed by atoms with Crippen molar-refractivity contribution in [1.82, 2.24) is 9.97 Å². The molecule has 6 heteroatoms. The highest BCUT2D eigenvalue weighted by atomic mass is 32.1. The van der Waals surface area contributed by atoms with Gasteiger partial charge in [-0.05, 0) is 42.0 Å². The quantitative estimate of drug-likeness (QED) is 0.725. The van der Waals surface area contributed by atoms with Crippen molar-refractivity contribution < 1.29 is 9.90 Å². The number of aromatic carboxylic acids is 1. The first-order valence-corrected chi connectivity index (χ1v) is 6.62. The van der Waals surface area contributed by atoms with Crippen LogP contribution >= 0.6 is 12.2 Å². The summed E-state index contributed by atoms with van der Waals surface area (Å²) in [7, 11) is 0. The van der Waals surface area contributed by atoms with Crippen LogP contribution in [0.15, 0.2) is 48.5 Å². The normalized spacial score (nSPS) is 10.5. The van der Waals surface area contributed by atoms with Gasteiger partial charge in [-0.15, -0.1) is 0 Å². The predicted octanol–water partition coefficient (Wildman–Crippen LogP) is 2.40. The van der Waals surface area contributed by atoms with Gasteiger partial charge in [-0.3, -0.25) is 0 Å². The SMILES string of the molecule is O=C([O-])c1cccc(Nc2nc(=S)[nH]c3ccccc23)c1. The number of carboxylic acids is 1. The van der Waals surface area contributed by atoms with E-state index >= 15 is 0 Å². The van der Waals surface area contributed by atoms with Crippen LogP contribution < -0.4 is 10.4 Å². The van der Waals surface area contributed by atoms with E-state index < -0.39 is 5.97 Å². The van der Waals surface area contributed by atoms with Gasteiger partial charge < -0.3 is 20.2 Å². The number of benzene rings is 2. The molecule has 0 fully saturated rings. The minimum absolute atomic E-state index is 0.102. The van der Waals surface area contributed by atoms with Gasteiger partial charge in [0.15, 0.2) is 4.77 Å². The number of anilines is 2. The molecule has 0 aliphatic heterocycles. The summed E-state index contributed by atoms with van der Waals surface area (Å²) in [6.45, 7) is 0. The Labute approximate surface area is 125 Å². The zero-order valence-electron chi connectivity index (χ0n) is 10.8. The fourth-order valence-corrected chi connectivity index (χ4v) is 2.26. The number of carboxylic acid groups (broad SMARTS) is 1. The second-order valence-corrected chi connectivity index (χ2v) is 4.82. The number of nitrogens with zero attached hydrogens (tertiary/aromatic N) is 1. The molecule has 1 aromatic heterocycles. The van der Waals surface area contributed by atoms with E-state index in [9.17, 15) is 9.90 Å². The molecule has 3 rings (SSSR count). The van der Waals surface area contributed by atoms with Crippen LogP contribution in [0.25, 0.3) is 10.9 Å². The van der Waals surface area contributed by atoms with E-state index in [4.69, 9.17) is 12.2 Å². The number of fused-ring (bicyclic) bond motifs is 1. The Morgan fingerprint density at radius 2 is 2.00 bits per heavy atom. The smallest absolute Gasteiger partial charge is 0.199 e. The van der Waals surface area contributed by atoms with Crippen LogP contribution in [0.2, 0.25) is 0 Å². The summed E-state index contributed by atoms with van der Waals surface area (Å²) in [5.74, 6) is -0.647. The second kappa shape index (κ2) is 5.34. The molecule has 0 unspecified atom stereocenters. The van der Waals surface area contributed by atoms with Crippen molar-refractivity contribution >= 4 is 40.6 Å². The molecule has 0 saturated heterocycles. The summed E-state index contributed by atoms with van der Waals surface area (Å²) in [5, 5.41) is 14.9. The van der Waals surface area contributed by atoms with Crippen molar-refractivity contribution in [3.05, 3.63) is 58.9 Å². The largest absolute Gasteiger partial charge is 0.545 e. The average Bonchev–Trinajstić information content (AvgIpc) is 2.47. The van der Waals surface area contributed by atoms with E-state index in [2.05, 4.69) is 15.3 Å². The molecule has 1 heterocycles. The number of carbonyl (C=O) groups is 1. The van der Waals surface area contributed by atoms with Crippen molar-refractivity contribution in [1.29, 1.82) is 0 Å². The van der Waals surface area contributed by atoms with E-state index in [-0.39, 0.29) is 5.56 Å². The molecule has 0 aliphatic carbocycles. The molecule has 0 aliphatic rings. The first-order chi connectivity index (χ1) is 10.1. The number of aromatic nitrogens is 2. The molecular formula is C15H10N3O2S-. The standard InChI is InChI=1S/C15H11N3O2S/c19-14(20)9-4-3-5-10(8-9)16-13-11-6-1-2-7-12(11)17-15(21)18-13/h1-8H,(H,19,20)(H2,16,17,18,21)/p-1. The Morgan fingerprint density at radius 3 is 2.81 bits per heavy atom. The molecular weight excluding hydrogens is 286 g/mol. The summed E-state index contributed by atoms with van der Waals surface area (Å²) in [6.07, 6.45) is 0. The maximum atomic E-state index is 10.9. The lowest BCUT2D eigenvalue weighted by Crippen LogP contribution is -2.22. The molecule has 0 amide bonds. The molecule has 21 heavy (non-hydrogen) atoms. The molecule has 0 saturated carbocycles. The van der Waals surface area contributed by atoms with Crippen molar-refractivity contribution in [2.24, 2.45) is 0 Å². The van der Waals surface area contributed by atoms with Crippen LogP contribution in [-0.4, -0.2) is 15.9 Å². The van der Waals surface area contributed by atoms with Gasteiger partial charge in [-0.1, -0.05) is 24.3 Å².